The lowest BCUT2D eigenvalue weighted by Gasteiger charge is -2.12. The monoisotopic (exact) mass is 396 g/mol. The van der Waals surface area contributed by atoms with Crippen LogP contribution in [0.3, 0.4) is 0 Å². The second-order valence-corrected chi connectivity index (χ2v) is 5.84. The Morgan fingerprint density at radius 3 is 2.61 bits per heavy atom. The van der Waals surface area contributed by atoms with Gasteiger partial charge in [-0.15, -0.1) is 0 Å². The first-order valence-electron chi connectivity index (χ1n) is 8.41. The lowest BCUT2D eigenvalue weighted by molar-refractivity contribution is -0.137. The zero-order valence-corrected chi connectivity index (χ0v) is 14.8. The third kappa shape index (κ3) is 4.24. The van der Waals surface area contributed by atoms with Gasteiger partial charge in [-0.25, -0.2) is 14.2 Å². The highest BCUT2D eigenvalue weighted by Crippen LogP contribution is 2.29. The zero-order chi connectivity index (χ0) is 20.3. The largest absolute Gasteiger partial charge is 0.476 e. The summed E-state index contributed by atoms with van der Waals surface area (Å²) in [6, 6.07) is 7.62. The first kappa shape index (κ1) is 19.7. The summed E-state index contributed by atoms with van der Waals surface area (Å²) in [5.74, 6) is -0.981. The molecule has 2 heterocycles. The van der Waals surface area contributed by atoms with Gasteiger partial charge >= 0.3 is 12.1 Å². The van der Waals surface area contributed by atoms with E-state index in [0.717, 1.165) is 12.1 Å². The number of fused-ring (bicyclic) bond motifs is 1. The Morgan fingerprint density at radius 2 is 1.96 bits per heavy atom. The lowest BCUT2D eigenvalue weighted by Crippen LogP contribution is -2.16. The molecule has 3 aromatic rings. The molecule has 0 aliphatic heterocycles. The number of benzene rings is 1. The lowest BCUT2D eigenvalue weighted by atomic mass is 10.2. The molecule has 1 aromatic carbocycles. The second kappa shape index (κ2) is 7.87. The standard InChI is InChI=1S/C19H16F4N2O3/c1-2-27-18(26)16-10-12-9-14(20)4-5-15(12)25(16)7-8-28-17-6-3-13(11-24-17)19(21,22)23/h3-6,9-11H,2,7-8H2,1H3. The van der Waals surface area contributed by atoms with Gasteiger partial charge in [0, 0.05) is 23.2 Å². The molecule has 148 valence electrons. The van der Waals surface area contributed by atoms with Crippen molar-refractivity contribution < 1.29 is 31.8 Å². The maximum atomic E-state index is 13.5. The molecule has 3 rings (SSSR count). The number of carbonyl (C=O) groups is 1. The number of nitrogens with zero attached hydrogens (tertiary/aromatic N) is 2. The van der Waals surface area contributed by atoms with Crippen LogP contribution in [-0.4, -0.2) is 28.7 Å². The normalized spacial score (nSPS) is 11.6. The fourth-order valence-corrected chi connectivity index (χ4v) is 2.73. The fourth-order valence-electron chi connectivity index (χ4n) is 2.73. The maximum Gasteiger partial charge on any atom is 0.417 e. The molecule has 0 atom stereocenters. The molecule has 0 N–H and O–H groups in total. The molecule has 0 spiro atoms. The third-order valence-electron chi connectivity index (χ3n) is 3.98. The Balaban J connectivity index is 1.77. The van der Waals surface area contributed by atoms with Gasteiger partial charge in [0.25, 0.3) is 0 Å². The molecule has 0 bridgehead atoms. The van der Waals surface area contributed by atoms with Crippen LogP contribution < -0.4 is 4.74 Å². The summed E-state index contributed by atoms with van der Waals surface area (Å²) in [6.45, 7) is 2.07. The highest BCUT2D eigenvalue weighted by Gasteiger charge is 2.30. The minimum atomic E-state index is -4.47. The molecule has 0 aliphatic rings. The third-order valence-corrected chi connectivity index (χ3v) is 3.98. The summed E-state index contributed by atoms with van der Waals surface area (Å²) in [5, 5.41) is 0.524. The number of hydrogen-bond acceptors (Lipinski definition) is 4. The Morgan fingerprint density at radius 1 is 1.18 bits per heavy atom. The van der Waals surface area contributed by atoms with E-state index in [2.05, 4.69) is 4.98 Å². The van der Waals surface area contributed by atoms with Crippen LogP contribution in [0.15, 0.2) is 42.6 Å². The molecule has 0 radical (unpaired) electrons. The van der Waals surface area contributed by atoms with Gasteiger partial charge in [-0.2, -0.15) is 13.2 Å². The maximum absolute atomic E-state index is 13.5. The van der Waals surface area contributed by atoms with Gasteiger partial charge in [0.1, 0.15) is 18.1 Å². The Kier molecular flexibility index (Phi) is 5.53. The first-order valence-corrected chi connectivity index (χ1v) is 8.41. The van der Waals surface area contributed by atoms with Crippen molar-refractivity contribution in [3.05, 3.63) is 59.7 Å². The van der Waals surface area contributed by atoms with Crippen LogP contribution >= 0.6 is 0 Å². The second-order valence-electron chi connectivity index (χ2n) is 5.84. The molecule has 0 amide bonds. The van der Waals surface area contributed by atoms with Gasteiger partial charge in [0.15, 0.2) is 0 Å². The minimum absolute atomic E-state index is 0.0215. The predicted octanol–water partition coefficient (Wildman–Crippen LogP) is 4.45. The molecule has 9 heteroatoms. The van der Waals surface area contributed by atoms with Gasteiger partial charge in [0.05, 0.1) is 18.7 Å². The van der Waals surface area contributed by atoms with Crippen molar-refractivity contribution in [2.24, 2.45) is 0 Å². The summed E-state index contributed by atoms with van der Waals surface area (Å²) < 4.78 is 63.2. The van der Waals surface area contributed by atoms with E-state index in [1.807, 2.05) is 0 Å². The number of ether oxygens (including phenoxy) is 2. The van der Waals surface area contributed by atoms with E-state index in [1.54, 1.807) is 11.5 Å². The van der Waals surface area contributed by atoms with Crippen LogP contribution in [0, 0.1) is 5.82 Å². The summed E-state index contributed by atoms with van der Waals surface area (Å²) in [6.07, 6.45) is -3.79. The molecule has 28 heavy (non-hydrogen) atoms. The van der Waals surface area contributed by atoms with E-state index in [0.29, 0.717) is 17.1 Å². The molecule has 0 saturated heterocycles. The Hall–Kier alpha value is -3.10. The number of aromatic nitrogens is 2. The average molecular weight is 396 g/mol. The van der Waals surface area contributed by atoms with Crippen LogP contribution in [0.2, 0.25) is 0 Å². The number of pyridine rings is 1. The topological polar surface area (TPSA) is 53.4 Å². The molecular weight excluding hydrogens is 380 g/mol. The molecule has 0 fully saturated rings. The molecule has 5 nitrogen and oxygen atoms in total. The van der Waals surface area contributed by atoms with Crippen molar-refractivity contribution in [3.63, 3.8) is 0 Å². The average Bonchev–Trinajstić information content (AvgIpc) is 2.99. The van der Waals surface area contributed by atoms with E-state index in [1.165, 1.54) is 24.3 Å². The van der Waals surface area contributed by atoms with Crippen molar-refractivity contribution in [2.75, 3.05) is 13.2 Å². The van der Waals surface area contributed by atoms with Crippen LogP contribution in [0.5, 0.6) is 5.88 Å². The van der Waals surface area contributed by atoms with Gasteiger partial charge in [-0.05, 0) is 37.3 Å². The molecule has 0 unspecified atom stereocenters. The van der Waals surface area contributed by atoms with E-state index >= 15 is 0 Å². The van der Waals surface area contributed by atoms with Crippen molar-refractivity contribution in [2.45, 2.75) is 19.6 Å². The highest BCUT2D eigenvalue weighted by atomic mass is 19.4. The molecule has 0 aliphatic carbocycles. The Labute approximate surface area is 157 Å². The molecule has 0 saturated carbocycles. The predicted molar refractivity (Wildman–Crippen MR) is 92.6 cm³/mol. The van der Waals surface area contributed by atoms with E-state index in [4.69, 9.17) is 9.47 Å². The Bertz CT molecular complexity index is 981. The summed E-state index contributed by atoms with van der Waals surface area (Å²) in [4.78, 5) is 15.8. The summed E-state index contributed by atoms with van der Waals surface area (Å²) in [7, 11) is 0. The smallest absolute Gasteiger partial charge is 0.417 e. The quantitative estimate of drug-likeness (QED) is 0.456. The van der Waals surface area contributed by atoms with Crippen LogP contribution in [-0.2, 0) is 17.5 Å². The van der Waals surface area contributed by atoms with Crippen molar-refractivity contribution in [3.8, 4) is 5.88 Å². The number of rotatable bonds is 6. The fraction of sp³-hybridized carbons (Fsp3) is 0.263. The van der Waals surface area contributed by atoms with Gasteiger partial charge in [-0.3, -0.25) is 0 Å². The van der Waals surface area contributed by atoms with Crippen LogP contribution in [0.1, 0.15) is 23.0 Å². The van der Waals surface area contributed by atoms with Crippen LogP contribution in [0.4, 0.5) is 17.6 Å². The summed E-state index contributed by atoms with van der Waals surface area (Å²) in [5.41, 5.74) is -0.0391. The highest BCUT2D eigenvalue weighted by molar-refractivity contribution is 5.95. The summed E-state index contributed by atoms with van der Waals surface area (Å²) >= 11 is 0. The van der Waals surface area contributed by atoms with Gasteiger partial charge in [0.2, 0.25) is 5.88 Å². The van der Waals surface area contributed by atoms with Gasteiger partial charge < -0.3 is 14.0 Å². The van der Waals surface area contributed by atoms with Crippen molar-refractivity contribution in [1.82, 2.24) is 9.55 Å². The number of carbonyl (C=O) groups excluding carboxylic acids is 1. The van der Waals surface area contributed by atoms with E-state index in [9.17, 15) is 22.4 Å². The molecule has 2 aromatic heterocycles. The van der Waals surface area contributed by atoms with Crippen molar-refractivity contribution in [1.29, 1.82) is 0 Å². The number of hydrogen-bond donors (Lipinski definition) is 0. The number of esters is 1. The van der Waals surface area contributed by atoms with E-state index in [-0.39, 0.29) is 31.3 Å². The molecular formula is C19H16F4N2O3. The van der Waals surface area contributed by atoms with E-state index < -0.39 is 23.5 Å². The number of alkyl halides is 3. The van der Waals surface area contributed by atoms with Gasteiger partial charge in [-0.1, -0.05) is 0 Å². The number of halogens is 4. The SMILES string of the molecule is CCOC(=O)c1cc2cc(F)ccc2n1CCOc1ccc(C(F)(F)F)cn1. The first-order chi connectivity index (χ1) is 13.3. The van der Waals surface area contributed by atoms with Crippen LogP contribution in [0.25, 0.3) is 10.9 Å². The minimum Gasteiger partial charge on any atom is -0.476 e. The van der Waals surface area contributed by atoms with Crippen molar-refractivity contribution >= 4 is 16.9 Å². The zero-order valence-electron chi connectivity index (χ0n) is 14.8.